The number of ether oxygens (including phenoxy) is 2. The molecule has 0 aliphatic carbocycles. The second kappa shape index (κ2) is 32.1. The lowest BCUT2D eigenvalue weighted by atomic mass is 10.0. The van der Waals surface area contributed by atoms with E-state index in [1.165, 1.54) is 135 Å². The molecule has 0 aliphatic heterocycles. The molecule has 0 aromatic rings. The highest BCUT2D eigenvalue weighted by molar-refractivity contribution is 4.63. The van der Waals surface area contributed by atoms with E-state index in [9.17, 15) is 0 Å². The Labute approximate surface area is 233 Å². The van der Waals surface area contributed by atoms with Crippen molar-refractivity contribution in [2.75, 3.05) is 19.8 Å². The molecule has 0 aliphatic rings. The van der Waals surface area contributed by atoms with E-state index in [1.807, 2.05) is 0 Å². The van der Waals surface area contributed by atoms with Crippen molar-refractivity contribution in [1.82, 2.24) is 0 Å². The van der Waals surface area contributed by atoms with E-state index in [0.717, 1.165) is 45.3 Å². The maximum Gasteiger partial charge on any atom is 0.157 e. The first-order valence-corrected chi connectivity index (χ1v) is 16.9. The zero-order valence-electron chi connectivity index (χ0n) is 25.6. The van der Waals surface area contributed by atoms with Crippen LogP contribution in [0.5, 0.6) is 0 Å². The first-order valence-electron chi connectivity index (χ1n) is 16.9. The Kier molecular flexibility index (Phi) is 31.9. The SMILES string of the molecule is CCCCCCCCCCCCCCCOC(CCC(N)CCN)OCCCCCCCCCCCC. The monoisotopic (exact) mass is 527 g/mol. The van der Waals surface area contributed by atoms with Crippen molar-refractivity contribution in [1.29, 1.82) is 0 Å². The van der Waals surface area contributed by atoms with Crippen LogP contribution < -0.4 is 11.5 Å². The van der Waals surface area contributed by atoms with E-state index < -0.39 is 0 Å². The third-order valence-electron chi connectivity index (χ3n) is 7.66. The van der Waals surface area contributed by atoms with E-state index in [4.69, 9.17) is 20.9 Å². The van der Waals surface area contributed by atoms with Gasteiger partial charge in [0.2, 0.25) is 0 Å². The molecule has 0 fully saturated rings. The first-order chi connectivity index (χ1) is 18.2. The van der Waals surface area contributed by atoms with Gasteiger partial charge in [0.1, 0.15) is 0 Å². The van der Waals surface area contributed by atoms with Crippen LogP contribution in [0.4, 0.5) is 0 Å². The number of rotatable bonds is 32. The van der Waals surface area contributed by atoms with Gasteiger partial charge < -0.3 is 20.9 Å². The molecule has 2 unspecified atom stereocenters. The normalized spacial score (nSPS) is 13.3. The predicted octanol–water partition coefficient (Wildman–Crippen LogP) is 9.81. The van der Waals surface area contributed by atoms with Gasteiger partial charge in [-0.15, -0.1) is 0 Å². The third-order valence-corrected chi connectivity index (χ3v) is 7.66. The molecule has 0 aromatic heterocycles. The molecule has 0 radical (unpaired) electrons. The summed E-state index contributed by atoms with van der Waals surface area (Å²) in [4.78, 5) is 0. The molecule has 2 atom stereocenters. The number of hydrogen-bond acceptors (Lipinski definition) is 4. The molecule has 4 heteroatoms. The summed E-state index contributed by atoms with van der Waals surface area (Å²) in [7, 11) is 0. The summed E-state index contributed by atoms with van der Waals surface area (Å²) in [5.74, 6) is 0. The Morgan fingerprint density at radius 3 is 1.08 bits per heavy atom. The van der Waals surface area contributed by atoms with E-state index >= 15 is 0 Å². The molecule has 0 amide bonds. The van der Waals surface area contributed by atoms with Gasteiger partial charge >= 0.3 is 0 Å². The summed E-state index contributed by atoms with van der Waals surface area (Å²) in [5.41, 5.74) is 11.8. The maximum absolute atomic E-state index is 6.18. The molecule has 0 spiro atoms. The molecule has 0 saturated heterocycles. The van der Waals surface area contributed by atoms with Crippen LogP contribution in [0.1, 0.15) is 181 Å². The number of hydrogen-bond donors (Lipinski definition) is 2. The first kappa shape index (κ1) is 36.8. The standard InChI is InChI=1S/C33H70N2O2/c1-3-5-7-9-11-13-15-16-17-19-21-23-25-31-37-33(27-26-32(35)28-29-34)36-30-24-22-20-18-14-12-10-8-6-4-2/h32-33H,3-31,34-35H2,1-2H3. The van der Waals surface area contributed by atoms with Crippen molar-refractivity contribution in [2.45, 2.75) is 193 Å². The smallest absolute Gasteiger partial charge is 0.157 e. The van der Waals surface area contributed by atoms with Gasteiger partial charge in [-0.3, -0.25) is 0 Å². The minimum Gasteiger partial charge on any atom is -0.353 e. The summed E-state index contributed by atoms with van der Waals surface area (Å²) >= 11 is 0. The fourth-order valence-electron chi connectivity index (χ4n) is 5.06. The van der Waals surface area contributed by atoms with E-state index in [0.29, 0.717) is 6.54 Å². The average molecular weight is 527 g/mol. The van der Waals surface area contributed by atoms with Crippen LogP contribution in [-0.2, 0) is 9.47 Å². The lowest BCUT2D eigenvalue weighted by molar-refractivity contribution is -0.148. The van der Waals surface area contributed by atoms with Gasteiger partial charge in [0.15, 0.2) is 6.29 Å². The van der Waals surface area contributed by atoms with Gasteiger partial charge in [-0.2, -0.15) is 0 Å². The quantitative estimate of drug-likeness (QED) is 0.0675. The Balaban J connectivity index is 3.75. The lowest BCUT2D eigenvalue weighted by Crippen LogP contribution is -2.27. The molecule has 0 heterocycles. The minimum absolute atomic E-state index is 0.0975. The van der Waals surface area contributed by atoms with Crippen molar-refractivity contribution >= 4 is 0 Å². The molecule has 0 aromatic carbocycles. The topological polar surface area (TPSA) is 70.5 Å². The Hall–Kier alpha value is -0.160. The fourth-order valence-corrected chi connectivity index (χ4v) is 5.06. The molecule has 4 nitrogen and oxygen atoms in total. The third kappa shape index (κ3) is 30.2. The van der Waals surface area contributed by atoms with Crippen molar-refractivity contribution in [3.05, 3.63) is 0 Å². The van der Waals surface area contributed by atoms with Gasteiger partial charge in [-0.1, -0.05) is 149 Å². The van der Waals surface area contributed by atoms with E-state index in [-0.39, 0.29) is 12.3 Å². The highest BCUT2D eigenvalue weighted by Gasteiger charge is 2.12. The van der Waals surface area contributed by atoms with Crippen LogP contribution in [-0.4, -0.2) is 32.1 Å². The largest absolute Gasteiger partial charge is 0.353 e. The Bertz CT molecular complexity index is 408. The summed E-state index contributed by atoms with van der Waals surface area (Å²) in [5, 5.41) is 0. The molecule has 0 saturated carbocycles. The van der Waals surface area contributed by atoms with Crippen LogP contribution in [0.3, 0.4) is 0 Å². The van der Waals surface area contributed by atoms with Gasteiger partial charge in [-0.25, -0.2) is 0 Å². The van der Waals surface area contributed by atoms with Crippen molar-refractivity contribution in [3.63, 3.8) is 0 Å². The molecule has 37 heavy (non-hydrogen) atoms. The summed E-state index contributed by atoms with van der Waals surface area (Å²) < 4.78 is 12.3. The summed E-state index contributed by atoms with van der Waals surface area (Å²) in [6.07, 6.45) is 34.0. The second-order valence-corrected chi connectivity index (χ2v) is 11.5. The maximum atomic E-state index is 6.18. The zero-order valence-corrected chi connectivity index (χ0v) is 25.6. The Morgan fingerprint density at radius 2 is 0.757 bits per heavy atom. The second-order valence-electron chi connectivity index (χ2n) is 11.5. The molecule has 0 bridgehead atoms. The molecule has 224 valence electrons. The van der Waals surface area contributed by atoms with E-state index in [1.54, 1.807) is 0 Å². The van der Waals surface area contributed by atoms with Crippen LogP contribution in [0.2, 0.25) is 0 Å². The summed E-state index contributed by atoms with van der Waals surface area (Å²) in [6.45, 7) is 6.86. The molecular weight excluding hydrogens is 456 g/mol. The van der Waals surface area contributed by atoms with Gasteiger partial charge in [0, 0.05) is 19.3 Å². The Morgan fingerprint density at radius 1 is 0.432 bits per heavy atom. The van der Waals surface area contributed by atoms with Gasteiger partial charge in [0.05, 0.1) is 0 Å². The van der Waals surface area contributed by atoms with Crippen LogP contribution in [0.15, 0.2) is 0 Å². The van der Waals surface area contributed by atoms with Crippen LogP contribution in [0.25, 0.3) is 0 Å². The number of unbranched alkanes of at least 4 members (excludes halogenated alkanes) is 21. The fraction of sp³-hybridized carbons (Fsp3) is 1.00. The van der Waals surface area contributed by atoms with Crippen molar-refractivity contribution in [2.24, 2.45) is 11.5 Å². The zero-order chi connectivity index (χ0) is 27.1. The average Bonchev–Trinajstić information content (AvgIpc) is 2.90. The van der Waals surface area contributed by atoms with Gasteiger partial charge in [-0.05, 0) is 38.6 Å². The molecular formula is C33H70N2O2. The van der Waals surface area contributed by atoms with Crippen LogP contribution in [0, 0.1) is 0 Å². The van der Waals surface area contributed by atoms with Crippen molar-refractivity contribution in [3.8, 4) is 0 Å². The summed E-state index contributed by atoms with van der Waals surface area (Å²) in [6, 6.07) is 0.161. The minimum atomic E-state index is -0.0975. The number of nitrogens with two attached hydrogens (primary N) is 2. The van der Waals surface area contributed by atoms with Gasteiger partial charge in [0.25, 0.3) is 0 Å². The molecule has 4 N–H and O–H groups in total. The van der Waals surface area contributed by atoms with E-state index in [2.05, 4.69) is 13.8 Å². The predicted molar refractivity (Wildman–Crippen MR) is 164 cm³/mol. The highest BCUT2D eigenvalue weighted by atomic mass is 16.7. The molecule has 0 rings (SSSR count). The van der Waals surface area contributed by atoms with Crippen molar-refractivity contribution < 1.29 is 9.47 Å². The lowest BCUT2D eigenvalue weighted by Gasteiger charge is -2.20. The van der Waals surface area contributed by atoms with Crippen LogP contribution >= 0.6 is 0 Å². The highest BCUT2D eigenvalue weighted by Crippen LogP contribution is 2.15.